The lowest BCUT2D eigenvalue weighted by molar-refractivity contribution is 0.0728. The van der Waals surface area contributed by atoms with Crippen LogP contribution >= 0.6 is 22.6 Å². The van der Waals surface area contributed by atoms with Gasteiger partial charge >= 0.3 is 5.97 Å². The monoisotopic (exact) mass is 565 g/mol. The molecule has 0 fully saturated rings. The molecule has 170 valence electrons. The predicted molar refractivity (Wildman–Crippen MR) is 138 cm³/mol. The van der Waals surface area contributed by atoms with Crippen LogP contribution in [0.5, 0.6) is 11.5 Å². The lowest BCUT2D eigenvalue weighted by Gasteiger charge is -2.12. The SMILES string of the molecule is COc1cc(/C=N\NC(=O)c2ccccc2-n2cccc2)cc(I)c1OC(=O)c1ccccc1. The number of hydrogen-bond donors (Lipinski definition) is 1. The van der Waals surface area contributed by atoms with E-state index in [0.29, 0.717) is 31.8 Å². The van der Waals surface area contributed by atoms with E-state index in [2.05, 4.69) is 33.1 Å². The minimum atomic E-state index is -0.480. The molecule has 0 saturated heterocycles. The zero-order valence-electron chi connectivity index (χ0n) is 18.1. The fraction of sp³-hybridized carbons (Fsp3) is 0.0385. The number of nitrogens with zero attached hydrogens (tertiary/aromatic N) is 2. The summed E-state index contributed by atoms with van der Waals surface area (Å²) in [4.78, 5) is 25.2. The molecule has 1 amide bonds. The van der Waals surface area contributed by atoms with E-state index in [-0.39, 0.29) is 5.91 Å². The first-order valence-corrected chi connectivity index (χ1v) is 11.3. The zero-order chi connectivity index (χ0) is 23.9. The highest BCUT2D eigenvalue weighted by atomic mass is 127. The summed E-state index contributed by atoms with van der Waals surface area (Å²) in [6.45, 7) is 0. The lowest BCUT2D eigenvalue weighted by atomic mass is 10.1. The largest absolute Gasteiger partial charge is 0.493 e. The minimum Gasteiger partial charge on any atom is -0.493 e. The summed E-state index contributed by atoms with van der Waals surface area (Å²) in [5.74, 6) is -0.122. The molecule has 0 bridgehead atoms. The number of ether oxygens (including phenoxy) is 2. The quantitative estimate of drug-likeness (QED) is 0.112. The van der Waals surface area contributed by atoms with Gasteiger partial charge < -0.3 is 14.0 Å². The summed E-state index contributed by atoms with van der Waals surface area (Å²) in [5, 5.41) is 4.09. The first-order valence-electron chi connectivity index (χ1n) is 10.3. The van der Waals surface area contributed by atoms with Crippen molar-refractivity contribution in [3.8, 4) is 17.2 Å². The molecule has 8 heteroatoms. The van der Waals surface area contributed by atoms with Crippen LogP contribution < -0.4 is 14.9 Å². The Labute approximate surface area is 210 Å². The molecule has 3 aromatic carbocycles. The Morgan fingerprint density at radius 1 is 0.971 bits per heavy atom. The molecule has 0 aliphatic rings. The van der Waals surface area contributed by atoms with Crippen molar-refractivity contribution in [3.63, 3.8) is 0 Å². The highest BCUT2D eigenvalue weighted by Crippen LogP contribution is 2.34. The van der Waals surface area contributed by atoms with Gasteiger partial charge in [0.15, 0.2) is 11.5 Å². The van der Waals surface area contributed by atoms with Crippen LogP contribution in [0, 0.1) is 3.57 Å². The van der Waals surface area contributed by atoms with Crippen molar-refractivity contribution in [1.29, 1.82) is 0 Å². The molecule has 0 unspecified atom stereocenters. The van der Waals surface area contributed by atoms with Gasteiger partial charge in [0.2, 0.25) is 0 Å². The van der Waals surface area contributed by atoms with Gasteiger partial charge in [-0.3, -0.25) is 4.79 Å². The van der Waals surface area contributed by atoms with Crippen molar-refractivity contribution in [3.05, 3.63) is 112 Å². The highest BCUT2D eigenvalue weighted by molar-refractivity contribution is 14.1. The summed E-state index contributed by atoms with van der Waals surface area (Å²) in [6.07, 6.45) is 5.25. The van der Waals surface area contributed by atoms with Crippen LogP contribution in [-0.2, 0) is 0 Å². The number of amides is 1. The van der Waals surface area contributed by atoms with Crippen LogP contribution in [0.3, 0.4) is 0 Å². The van der Waals surface area contributed by atoms with E-state index < -0.39 is 5.97 Å². The van der Waals surface area contributed by atoms with Gasteiger partial charge in [0.25, 0.3) is 5.91 Å². The number of rotatable bonds is 7. The van der Waals surface area contributed by atoms with Gasteiger partial charge in [-0.25, -0.2) is 10.2 Å². The van der Waals surface area contributed by atoms with Crippen molar-refractivity contribution < 1.29 is 19.1 Å². The molecule has 34 heavy (non-hydrogen) atoms. The second-order valence-corrected chi connectivity index (χ2v) is 8.26. The van der Waals surface area contributed by atoms with Crippen molar-refractivity contribution >= 4 is 40.7 Å². The van der Waals surface area contributed by atoms with E-state index in [4.69, 9.17) is 9.47 Å². The normalized spacial score (nSPS) is 10.8. The van der Waals surface area contributed by atoms with Crippen molar-refractivity contribution in [2.24, 2.45) is 5.10 Å². The third-order valence-corrected chi connectivity index (χ3v) is 5.67. The van der Waals surface area contributed by atoms with Crippen LogP contribution in [0.1, 0.15) is 26.3 Å². The average Bonchev–Trinajstić information content (AvgIpc) is 3.41. The Morgan fingerprint density at radius 3 is 2.41 bits per heavy atom. The van der Waals surface area contributed by atoms with E-state index >= 15 is 0 Å². The molecule has 1 heterocycles. The average molecular weight is 565 g/mol. The number of carbonyl (C=O) groups is 2. The summed E-state index contributed by atoms with van der Waals surface area (Å²) in [6, 6.07) is 23.2. The van der Waals surface area contributed by atoms with Crippen LogP contribution in [0.15, 0.2) is 96.4 Å². The molecule has 7 nitrogen and oxygen atoms in total. The number of esters is 1. The molecule has 0 atom stereocenters. The van der Waals surface area contributed by atoms with Crippen LogP contribution in [0.25, 0.3) is 5.69 Å². The molecule has 0 aliphatic heterocycles. The first-order chi connectivity index (χ1) is 16.6. The number of hydrogen-bond acceptors (Lipinski definition) is 5. The third kappa shape index (κ3) is 5.34. The molecule has 0 aliphatic carbocycles. The van der Waals surface area contributed by atoms with Crippen LogP contribution in [-0.4, -0.2) is 29.8 Å². The second-order valence-electron chi connectivity index (χ2n) is 7.10. The fourth-order valence-corrected chi connectivity index (χ4v) is 3.99. The third-order valence-electron chi connectivity index (χ3n) is 4.87. The van der Waals surface area contributed by atoms with Crippen molar-refractivity contribution in [2.75, 3.05) is 7.11 Å². The van der Waals surface area contributed by atoms with Gasteiger partial charge in [-0.15, -0.1) is 0 Å². The van der Waals surface area contributed by atoms with E-state index in [1.807, 2.05) is 47.3 Å². The van der Waals surface area contributed by atoms with Crippen LogP contribution in [0.4, 0.5) is 0 Å². The minimum absolute atomic E-state index is 0.318. The van der Waals surface area contributed by atoms with Crippen molar-refractivity contribution in [1.82, 2.24) is 9.99 Å². The van der Waals surface area contributed by atoms with Gasteiger partial charge in [-0.1, -0.05) is 30.3 Å². The summed E-state index contributed by atoms with van der Waals surface area (Å²) >= 11 is 2.06. The summed E-state index contributed by atoms with van der Waals surface area (Å²) in [7, 11) is 1.49. The summed E-state index contributed by atoms with van der Waals surface area (Å²) in [5.41, 5.74) is 4.91. The van der Waals surface area contributed by atoms with Crippen molar-refractivity contribution in [2.45, 2.75) is 0 Å². The van der Waals surface area contributed by atoms with Gasteiger partial charge in [0.05, 0.1) is 33.7 Å². The van der Waals surface area contributed by atoms with Gasteiger partial charge in [-0.05, 0) is 76.7 Å². The molecule has 0 saturated carbocycles. The maximum absolute atomic E-state index is 12.7. The van der Waals surface area contributed by atoms with Gasteiger partial charge in [0.1, 0.15) is 0 Å². The summed E-state index contributed by atoms with van der Waals surface area (Å²) < 4.78 is 13.5. The molecule has 0 radical (unpaired) electrons. The number of benzene rings is 3. The van der Waals surface area contributed by atoms with Gasteiger partial charge in [-0.2, -0.15) is 5.10 Å². The Balaban J connectivity index is 1.49. The van der Waals surface area contributed by atoms with E-state index in [1.165, 1.54) is 13.3 Å². The molecule has 1 N–H and O–H groups in total. The molecular formula is C26H20IN3O4. The standard InChI is InChI=1S/C26H20IN3O4/c1-33-23-16-18(15-21(27)24(23)34-26(32)19-9-3-2-4-10-19)17-28-29-25(31)20-11-5-6-12-22(20)30-13-7-8-14-30/h2-17H,1H3,(H,29,31)/b28-17-. The van der Waals surface area contributed by atoms with E-state index in [9.17, 15) is 9.59 Å². The lowest BCUT2D eigenvalue weighted by Crippen LogP contribution is -2.19. The maximum atomic E-state index is 12.7. The fourth-order valence-electron chi connectivity index (χ4n) is 3.25. The molecule has 4 rings (SSSR count). The second kappa shape index (κ2) is 10.8. The molecule has 0 spiro atoms. The van der Waals surface area contributed by atoms with E-state index in [1.54, 1.807) is 48.5 Å². The number of carbonyl (C=O) groups excluding carboxylic acids is 2. The smallest absolute Gasteiger partial charge is 0.343 e. The topological polar surface area (TPSA) is 81.9 Å². The number of nitrogens with one attached hydrogen (secondary N) is 1. The molecular weight excluding hydrogens is 545 g/mol. The maximum Gasteiger partial charge on any atom is 0.343 e. The molecule has 1 aromatic heterocycles. The van der Waals surface area contributed by atoms with Crippen LogP contribution in [0.2, 0.25) is 0 Å². The predicted octanol–water partition coefficient (Wildman–Crippen LogP) is 5.07. The zero-order valence-corrected chi connectivity index (χ0v) is 20.3. The molecule has 4 aromatic rings. The first kappa shape index (κ1) is 23.2. The van der Waals surface area contributed by atoms with E-state index in [0.717, 1.165) is 5.69 Å². The Hall–Kier alpha value is -3.92. The Bertz CT molecular complexity index is 1340. The number of para-hydroxylation sites is 1. The number of aromatic nitrogens is 1. The Morgan fingerprint density at radius 2 is 1.68 bits per heavy atom. The van der Waals surface area contributed by atoms with Gasteiger partial charge in [0, 0.05) is 12.4 Å². The number of hydrazone groups is 1. The Kier molecular flexibility index (Phi) is 7.38. The highest BCUT2D eigenvalue weighted by Gasteiger charge is 2.17. The number of methoxy groups -OCH3 is 1. The number of halogens is 1.